The minimum absolute atomic E-state index is 0.141. The lowest BCUT2D eigenvalue weighted by Gasteiger charge is -2.29. The van der Waals surface area contributed by atoms with Crippen molar-refractivity contribution in [2.75, 3.05) is 0 Å². The monoisotopic (exact) mass is 368 g/mol. The van der Waals surface area contributed by atoms with Gasteiger partial charge in [-0.05, 0) is 72.1 Å². The van der Waals surface area contributed by atoms with Crippen LogP contribution in [0.15, 0.2) is 48.5 Å². The number of rotatable bonds is 3. The Morgan fingerprint density at radius 2 is 1.33 bits per heavy atom. The summed E-state index contributed by atoms with van der Waals surface area (Å²) in [5.41, 5.74) is 3.86. The molecule has 0 radical (unpaired) electrons. The molecule has 0 saturated heterocycles. The second-order valence-corrected chi connectivity index (χ2v) is 7.61. The van der Waals surface area contributed by atoms with Crippen LogP contribution in [0.1, 0.15) is 61.1 Å². The van der Waals surface area contributed by atoms with Crippen molar-refractivity contribution < 1.29 is 13.2 Å². The molecule has 1 saturated carbocycles. The quantitative estimate of drug-likeness (QED) is 0.427. The fourth-order valence-corrected chi connectivity index (χ4v) is 4.36. The van der Waals surface area contributed by atoms with Crippen LogP contribution >= 0.6 is 0 Å². The summed E-state index contributed by atoms with van der Waals surface area (Å²) in [7, 11) is 0. The molecule has 1 fully saturated rings. The van der Waals surface area contributed by atoms with Crippen molar-refractivity contribution in [3.8, 4) is 0 Å². The van der Waals surface area contributed by atoms with Crippen molar-refractivity contribution in [3.05, 3.63) is 82.7 Å². The average Bonchev–Trinajstić information content (AvgIpc) is 2.72. The van der Waals surface area contributed by atoms with Gasteiger partial charge in [0.05, 0.1) is 0 Å². The van der Waals surface area contributed by atoms with E-state index in [1.807, 2.05) is 12.1 Å². The zero-order chi connectivity index (χ0) is 19.0. The standard InChI is InChI=1S/C24H23F3/c1-2-15-3-5-16(6-4-15)17-7-9-18(10-8-17)19-11-12-21-20(13-19)14-22(25)24(27)23(21)26/h3-6,11-14,17-18H,2,7-10H2,1H3. The highest BCUT2D eigenvalue weighted by Gasteiger charge is 2.24. The molecule has 0 heterocycles. The second kappa shape index (κ2) is 7.38. The molecule has 0 nitrogen and oxygen atoms in total. The summed E-state index contributed by atoms with van der Waals surface area (Å²) in [4.78, 5) is 0. The van der Waals surface area contributed by atoms with Gasteiger partial charge in [-0.25, -0.2) is 13.2 Å². The predicted octanol–water partition coefficient (Wildman–Crippen LogP) is 7.26. The molecule has 0 aromatic heterocycles. The first-order valence-electron chi connectivity index (χ1n) is 9.72. The van der Waals surface area contributed by atoms with E-state index in [4.69, 9.17) is 0 Å². The minimum Gasteiger partial charge on any atom is -0.204 e. The van der Waals surface area contributed by atoms with Crippen LogP contribution in [0.5, 0.6) is 0 Å². The molecule has 1 aliphatic rings. The van der Waals surface area contributed by atoms with Crippen molar-refractivity contribution in [3.63, 3.8) is 0 Å². The van der Waals surface area contributed by atoms with E-state index in [0.29, 0.717) is 17.2 Å². The fourth-order valence-electron chi connectivity index (χ4n) is 4.36. The zero-order valence-corrected chi connectivity index (χ0v) is 15.4. The van der Waals surface area contributed by atoms with E-state index in [1.165, 1.54) is 11.1 Å². The Bertz CT molecular complexity index is 952. The van der Waals surface area contributed by atoms with Gasteiger partial charge in [-0.15, -0.1) is 0 Å². The molecule has 0 spiro atoms. The van der Waals surface area contributed by atoms with Gasteiger partial charge in [-0.1, -0.05) is 49.4 Å². The molecule has 3 aromatic carbocycles. The third kappa shape index (κ3) is 3.47. The van der Waals surface area contributed by atoms with E-state index >= 15 is 0 Å². The molecule has 0 N–H and O–H groups in total. The average molecular weight is 368 g/mol. The summed E-state index contributed by atoms with van der Waals surface area (Å²) in [6.45, 7) is 2.16. The van der Waals surface area contributed by atoms with Crippen molar-refractivity contribution in [1.82, 2.24) is 0 Å². The molecule has 0 bridgehead atoms. The van der Waals surface area contributed by atoms with E-state index in [-0.39, 0.29) is 5.39 Å². The first kappa shape index (κ1) is 18.1. The topological polar surface area (TPSA) is 0 Å². The maximum Gasteiger partial charge on any atom is 0.195 e. The lowest BCUT2D eigenvalue weighted by molar-refractivity contribution is 0.396. The Balaban J connectivity index is 1.51. The third-order valence-corrected chi connectivity index (χ3v) is 6.05. The molecule has 3 aromatic rings. The van der Waals surface area contributed by atoms with Crippen LogP contribution in [0.4, 0.5) is 13.2 Å². The van der Waals surface area contributed by atoms with Gasteiger partial charge in [0.2, 0.25) is 0 Å². The number of benzene rings is 3. The summed E-state index contributed by atoms with van der Waals surface area (Å²) in [5.74, 6) is -2.66. The normalized spacial score (nSPS) is 20.1. The fraction of sp³-hybridized carbons (Fsp3) is 0.333. The van der Waals surface area contributed by atoms with Gasteiger partial charge in [0, 0.05) is 5.39 Å². The Morgan fingerprint density at radius 1 is 0.741 bits per heavy atom. The first-order chi connectivity index (χ1) is 13.1. The third-order valence-electron chi connectivity index (χ3n) is 6.05. The van der Waals surface area contributed by atoms with Crippen molar-refractivity contribution >= 4 is 10.8 Å². The van der Waals surface area contributed by atoms with E-state index in [9.17, 15) is 13.2 Å². The molecule has 0 unspecified atom stereocenters. The second-order valence-electron chi connectivity index (χ2n) is 7.61. The molecule has 0 aliphatic heterocycles. The number of hydrogen-bond donors (Lipinski definition) is 0. The number of halogens is 3. The molecule has 4 rings (SSSR count). The van der Waals surface area contributed by atoms with E-state index < -0.39 is 17.5 Å². The highest BCUT2D eigenvalue weighted by atomic mass is 19.2. The summed E-state index contributed by atoms with van der Waals surface area (Å²) in [6, 6.07) is 15.3. The summed E-state index contributed by atoms with van der Waals surface area (Å²) in [6.07, 6.45) is 5.39. The van der Waals surface area contributed by atoms with Gasteiger partial charge in [-0.3, -0.25) is 0 Å². The molecular formula is C24H23F3. The largest absolute Gasteiger partial charge is 0.204 e. The molecular weight excluding hydrogens is 345 g/mol. The van der Waals surface area contributed by atoms with Crippen LogP contribution in [-0.4, -0.2) is 0 Å². The Hall–Kier alpha value is -2.29. The molecule has 3 heteroatoms. The Labute approximate surface area is 158 Å². The molecule has 1 aliphatic carbocycles. The van der Waals surface area contributed by atoms with Crippen LogP contribution < -0.4 is 0 Å². The van der Waals surface area contributed by atoms with E-state index in [1.54, 1.807) is 6.07 Å². The van der Waals surface area contributed by atoms with Crippen LogP contribution in [0.2, 0.25) is 0 Å². The number of fused-ring (bicyclic) bond motifs is 1. The molecule has 0 atom stereocenters. The summed E-state index contributed by atoms with van der Waals surface area (Å²) < 4.78 is 40.9. The van der Waals surface area contributed by atoms with Gasteiger partial charge in [0.15, 0.2) is 17.5 Å². The van der Waals surface area contributed by atoms with Crippen LogP contribution in [0, 0.1) is 17.5 Å². The maximum atomic E-state index is 13.9. The predicted molar refractivity (Wildman–Crippen MR) is 104 cm³/mol. The van der Waals surface area contributed by atoms with Crippen LogP contribution in [-0.2, 0) is 6.42 Å². The van der Waals surface area contributed by atoms with Gasteiger partial charge < -0.3 is 0 Å². The van der Waals surface area contributed by atoms with Crippen LogP contribution in [0.3, 0.4) is 0 Å². The van der Waals surface area contributed by atoms with E-state index in [0.717, 1.165) is 43.7 Å². The van der Waals surface area contributed by atoms with E-state index in [2.05, 4.69) is 31.2 Å². The Kier molecular flexibility index (Phi) is 4.94. The molecule has 140 valence electrons. The maximum absolute atomic E-state index is 13.9. The van der Waals surface area contributed by atoms with Crippen LogP contribution in [0.25, 0.3) is 10.8 Å². The SMILES string of the molecule is CCc1ccc(C2CCC(c3ccc4c(F)c(F)c(F)cc4c3)CC2)cc1. The lowest BCUT2D eigenvalue weighted by atomic mass is 9.76. The molecule has 0 amide bonds. The summed E-state index contributed by atoms with van der Waals surface area (Å²) in [5, 5.41) is 0.573. The van der Waals surface area contributed by atoms with Gasteiger partial charge in [-0.2, -0.15) is 0 Å². The van der Waals surface area contributed by atoms with Crippen molar-refractivity contribution in [2.24, 2.45) is 0 Å². The Morgan fingerprint density at radius 3 is 1.96 bits per heavy atom. The van der Waals surface area contributed by atoms with Crippen molar-refractivity contribution in [2.45, 2.75) is 50.9 Å². The lowest BCUT2D eigenvalue weighted by Crippen LogP contribution is -2.12. The first-order valence-corrected chi connectivity index (χ1v) is 9.72. The zero-order valence-electron chi connectivity index (χ0n) is 15.4. The van der Waals surface area contributed by atoms with Gasteiger partial charge in [0.25, 0.3) is 0 Å². The smallest absolute Gasteiger partial charge is 0.195 e. The summed E-state index contributed by atoms with van der Waals surface area (Å²) >= 11 is 0. The van der Waals surface area contributed by atoms with Gasteiger partial charge in [0.1, 0.15) is 0 Å². The minimum atomic E-state index is -1.40. The highest BCUT2D eigenvalue weighted by Crippen LogP contribution is 2.41. The molecule has 27 heavy (non-hydrogen) atoms. The highest BCUT2D eigenvalue weighted by molar-refractivity contribution is 5.84. The number of hydrogen-bond acceptors (Lipinski definition) is 0. The van der Waals surface area contributed by atoms with Gasteiger partial charge >= 0.3 is 0 Å². The number of aryl methyl sites for hydroxylation is 1. The van der Waals surface area contributed by atoms with Crippen molar-refractivity contribution in [1.29, 1.82) is 0 Å².